The van der Waals surface area contributed by atoms with Gasteiger partial charge in [-0.3, -0.25) is 9.89 Å². The molecule has 1 heterocycles. The zero-order valence-electron chi connectivity index (χ0n) is 9.72. The maximum atomic E-state index is 11.5. The van der Waals surface area contributed by atoms with Gasteiger partial charge in [0.2, 0.25) is 0 Å². The van der Waals surface area contributed by atoms with Crippen molar-refractivity contribution in [3.8, 4) is 5.75 Å². The number of amides is 1. The molecule has 1 aromatic heterocycles. The van der Waals surface area contributed by atoms with Crippen molar-refractivity contribution in [3.63, 3.8) is 0 Å². The number of rotatable bonds is 5. The number of nitrogens with two attached hydrogens (primary N) is 1. The Morgan fingerprint density at radius 2 is 2.33 bits per heavy atom. The summed E-state index contributed by atoms with van der Waals surface area (Å²) in [4.78, 5) is 11.5. The fourth-order valence-corrected chi connectivity index (χ4v) is 1.38. The second-order valence-corrected chi connectivity index (χ2v) is 3.72. The van der Waals surface area contributed by atoms with Gasteiger partial charge in [-0.1, -0.05) is 6.07 Å². The van der Waals surface area contributed by atoms with Gasteiger partial charge in [-0.05, 0) is 18.2 Å². The monoisotopic (exact) mass is 246 g/mol. The molecule has 0 bridgehead atoms. The SMILES string of the molecule is Nc1cccc(OCC(=O)NCc2ccn[nH]2)c1. The van der Waals surface area contributed by atoms with Gasteiger partial charge in [0, 0.05) is 18.0 Å². The van der Waals surface area contributed by atoms with Crippen LogP contribution in [0.2, 0.25) is 0 Å². The highest BCUT2D eigenvalue weighted by Gasteiger charge is 2.03. The molecule has 0 spiro atoms. The van der Waals surface area contributed by atoms with Crippen molar-refractivity contribution in [2.24, 2.45) is 0 Å². The van der Waals surface area contributed by atoms with E-state index in [1.54, 1.807) is 36.5 Å². The minimum Gasteiger partial charge on any atom is -0.484 e. The van der Waals surface area contributed by atoms with Gasteiger partial charge in [0.15, 0.2) is 6.61 Å². The van der Waals surface area contributed by atoms with Crippen molar-refractivity contribution < 1.29 is 9.53 Å². The highest BCUT2D eigenvalue weighted by molar-refractivity contribution is 5.77. The first kappa shape index (κ1) is 12.0. The maximum absolute atomic E-state index is 11.5. The number of carbonyl (C=O) groups excluding carboxylic acids is 1. The predicted octanol–water partition coefficient (Wildman–Crippen LogP) is 0.687. The van der Waals surface area contributed by atoms with Gasteiger partial charge in [0.1, 0.15) is 5.75 Å². The zero-order chi connectivity index (χ0) is 12.8. The van der Waals surface area contributed by atoms with E-state index < -0.39 is 0 Å². The number of aromatic amines is 1. The minimum atomic E-state index is -0.202. The van der Waals surface area contributed by atoms with Gasteiger partial charge < -0.3 is 15.8 Å². The first-order valence-corrected chi connectivity index (χ1v) is 5.47. The van der Waals surface area contributed by atoms with Gasteiger partial charge in [-0.15, -0.1) is 0 Å². The Hall–Kier alpha value is -2.50. The molecule has 0 atom stereocenters. The molecule has 2 aromatic rings. The Morgan fingerprint density at radius 1 is 1.44 bits per heavy atom. The van der Waals surface area contributed by atoms with Crippen LogP contribution in [0.4, 0.5) is 5.69 Å². The number of nitrogens with zero attached hydrogens (tertiary/aromatic N) is 1. The molecule has 6 heteroatoms. The molecule has 0 aliphatic carbocycles. The summed E-state index contributed by atoms with van der Waals surface area (Å²) in [6, 6.07) is 8.73. The van der Waals surface area contributed by atoms with Crippen LogP contribution < -0.4 is 15.8 Å². The number of aromatic nitrogens is 2. The average molecular weight is 246 g/mol. The number of ether oxygens (including phenoxy) is 1. The molecule has 1 amide bonds. The number of nitrogen functional groups attached to an aromatic ring is 1. The van der Waals surface area contributed by atoms with Gasteiger partial charge in [-0.25, -0.2) is 0 Å². The predicted molar refractivity (Wildman–Crippen MR) is 66.8 cm³/mol. The molecule has 6 nitrogen and oxygen atoms in total. The molecular weight excluding hydrogens is 232 g/mol. The summed E-state index contributed by atoms with van der Waals surface area (Å²) in [5.74, 6) is 0.374. The Labute approximate surface area is 104 Å². The number of hydrogen-bond donors (Lipinski definition) is 3. The molecule has 4 N–H and O–H groups in total. The first-order chi connectivity index (χ1) is 8.74. The lowest BCUT2D eigenvalue weighted by Crippen LogP contribution is -2.28. The molecule has 94 valence electrons. The third-order valence-electron chi connectivity index (χ3n) is 2.26. The van der Waals surface area contributed by atoms with Crippen molar-refractivity contribution in [1.82, 2.24) is 15.5 Å². The van der Waals surface area contributed by atoms with E-state index in [2.05, 4.69) is 15.5 Å². The second-order valence-electron chi connectivity index (χ2n) is 3.72. The van der Waals surface area contributed by atoms with Crippen LogP contribution in [0.5, 0.6) is 5.75 Å². The van der Waals surface area contributed by atoms with Gasteiger partial charge in [-0.2, -0.15) is 5.10 Å². The molecule has 0 unspecified atom stereocenters. The normalized spacial score (nSPS) is 10.0. The van der Waals surface area contributed by atoms with Crippen LogP contribution in [0.15, 0.2) is 36.5 Å². The van der Waals surface area contributed by atoms with Crippen molar-refractivity contribution in [1.29, 1.82) is 0 Å². The lowest BCUT2D eigenvalue weighted by molar-refractivity contribution is -0.123. The Balaban J connectivity index is 1.75. The van der Waals surface area contributed by atoms with Crippen LogP contribution in [0.3, 0.4) is 0 Å². The highest BCUT2D eigenvalue weighted by Crippen LogP contribution is 2.13. The molecule has 0 fully saturated rings. The molecule has 0 aliphatic heterocycles. The number of hydrogen-bond acceptors (Lipinski definition) is 4. The number of benzene rings is 1. The van der Waals surface area contributed by atoms with Crippen molar-refractivity contribution in [2.45, 2.75) is 6.54 Å². The molecule has 18 heavy (non-hydrogen) atoms. The molecule has 2 rings (SSSR count). The highest BCUT2D eigenvalue weighted by atomic mass is 16.5. The number of nitrogens with one attached hydrogen (secondary N) is 2. The van der Waals surface area contributed by atoms with E-state index in [-0.39, 0.29) is 12.5 Å². The quantitative estimate of drug-likeness (QED) is 0.676. The van der Waals surface area contributed by atoms with E-state index >= 15 is 0 Å². The summed E-state index contributed by atoms with van der Waals surface area (Å²) in [6.07, 6.45) is 1.63. The summed E-state index contributed by atoms with van der Waals surface area (Å²) in [5.41, 5.74) is 7.04. The lowest BCUT2D eigenvalue weighted by Gasteiger charge is -2.07. The molecule has 1 aromatic carbocycles. The van der Waals surface area contributed by atoms with Gasteiger partial charge in [0.05, 0.1) is 12.2 Å². The lowest BCUT2D eigenvalue weighted by atomic mass is 10.3. The maximum Gasteiger partial charge on any atom is 0.258 e. The molecule has 0 aliphatic rings. The molecule has 0 saturated heterocycles. The zero-order valence-corrected chi connectivity index (χ0v) is 9.72. The Morgan fingerprint density at radius 3 is 3.06 bits per heavy atom. The molecular formula is C12H14N4O2. The van der Waals surface area contributed by atoms with E-state index in [1.807, 2.05) is 0 Å². The van der Waals surface area contributed by atoms with Gasteiger partial charge >= 0.3 is 0 Å². The van der Waals surface area contributed by atoms with Crippen LogP contribution in [-0.4, -0.2) is 22.7 Å². The van der Waals surface area contributed by atoms with E-state index in [0.717, 1.165) is 5.69 Å². The third kappa shape index (κ3) is 3.51. The fraction of sp³-hybridized carbons (Fsp3) is 0.167. The van der Waals surface area contributed by atoms with E-state index in [9.17, 15) is 4.79 Å². The van der Waals surface area contributed by atoms with Crippen molar-refractivity contribution in [3.05, 3.63) is 42.2 Å². The second kappa shape index (κ2) is 5.72. The van der Waals surface area contributed by atoms with Crippen LogP contribution in [-0.2, 0) is 11.3 Å². The summed E-state index contributed by atoms with van der Waals surface area (Å²) in [7, 11) is 0. The largest absolute Gasteiger partial charge is 0.484 e. The minimum absolute atomic E-state index is 0.0441. The van der Waals surface area contributed by atoms with E-state index in [4.69, 9.17) is 10.5 Å². The van der Waals surface area contributed by atoms with Crippen LogP contribution >= 0.6 is 0 Å². The topological polar surface area (TPSA) is 93.0 Å². The average Bonchev–Trinajstić information content (AvgIpc) is 2.87. The Bertz CT molecular complexity index is 511. The number of H-pyrrole nitrogens is 1. The third-order valence-corrected chi connectivity index (χ3v) is 2.26. The standard InChI is InChI=1S/C12H14N4O2/c13-9-2-1-3-11(6-9)18-8-12(17)14-7-10-4-5-15-16-10/h1-6H,7-8,13H2,(H,14,17)(H,15,16). The van der Waals surface area contributed by atoms with Crippen molar-refractivity contribution >= 4 is 11.6 Å². The summed E-state index contributed by atoms with van der Waals surface area (Å²) < 4.78 is 5.30. The molecule has 0 radical (unpaired) electrons. The summed E-state index contributed by atoms with van der Waals surface area (Å²) >= 11 is 0. The van der Waals surface area contributed by atoms with Crippen molar-refractivity contribution in [2.75, 3.05) is 12.3 Å². The van der Waals surface area contributed by atoms with Crippen LogP contribution in [0.25, 0.3) is 0 Å². The molecule has 0 saturated carbocycles. The summed E-state index contributed by atoms with van der Waals surface area (Å²) in [6.45, 7) is 0.358. The summed E-state index contributed by atoms with van der Waals surface area (Å²) in [5, 5.41) is 9.24. The first-order valence-electron chi connectivity index (χ1n) is 5.47. The Kier molecular flexibility index (Phi) is 3.80. The van der Waals surface area contributed by atoms with Crippen LogP contribution in [0.1, 0.15) is 5.69 Å². The van der Waals surface area contributed by atoms with E-state index in [1.165, 1.54) is 0 Å². The number of anilines is 1. The smallest absolute Gasteiger partial charge is 0.258 e. The fourth-order valence-electron chi connectivity index (χ4n) is 1.38. The van der Waals surface area contributed by atoms with Crippen LogP contribution in [0, 0.1) is 0 Å². The number of carbonyl (C=O) groups is 1. The van der Waals surface area contributed by atoms with Gasteiger partial charge in [0.25, 0.3) is 5.91 Å². The van der Waals surface area contributed by atoms with E-state index in [0.29, 0.717) is 18.0 Å².